The lowest BCUT2D eigenvalue weighted by atomic mass is 10.0. The molecule has 3 rings (SSSR count). The van der Waals surface area contributed by atoms with Crippen LogP contribution >= 0.6 is 0 Å². The molecule has 1 aliphatic rings. The van der Waals surface area contributed by atoms with Gasteiger partial charge in [-0.15, -0.1) is 0 Å². The van der Waals surface area contributed by atoms with Gasteiger partial charge in [-0.2, -0.15) is 0 Å². The lowest BCUT2D eigenvalue weighted by molar-refractivity contribution is -0.143. The third-order valence-electron chi connectivity index (χ3n) is 3.98. The van der Waals surface area contributed by atoms with E-state index >= 15 is 0 Å². The molecule has 6 nitrogen and oxygen atoms in total. The van der Waals surface area contributed by atoms with Crippen molar-refractivity contribution in [3.8, 4) is 11.4 Å². The quantitative estimate of drug-likeness (QED) is 0.939. The van der Waals surface area contributed by atoms with Crippen LogP contribution in [0.5, 0.6) is 0 Å². The number of benzene rings is 1. The second kappa shape index (κ2) is 6.56. The lowest BCUT2D eigenvalue weighted by Gasteiger charge is -2.32. The summed E-state index contributed by atoms with van der Waals surface area (Å²) in [6.07, 6.45) is 5.06. The predicted octanol–water partition coefficient (Wildman–Crippen LogP) is 2.22. The first-order valence-corrected chi connectivity index (χ1v) is 7.58. The van der Waals surface area contributed by atoms with Gasteiger partial charge in [0.1, 0.15) is 6.04 Å². The molecule has 0 saturated carbocycles. The smallest absolute Gasteiger partial charge is 0.326 e. The summed E-state index contributed by atoms with van der Waals surface area (Å²) >= 11 is 0. The molecule has 0 radical (unpaired) electrons. The number of carbonyl (C=O) groups is 2. The van der Waals surface area contributed by atoms with Crippen LogP contribution in [0.25, 0.3) is 11.4 Å². The van der Waals surface area contributed by atoms with Crippen molar-refractivity contribution in [3.05, 3.63) is 48.3 Å². The summed E-state index contributed by atoms with van der Waals surface area (Å²) in [5.74, 6) is -0.743. The number of likely N-dealkylation sites (tertiary alicyclic amines) is 1. The van der Waals surface area contributed by atoms with Crippen LogP contribution in [0, 0.1) is 0 Å². The summed E-state index contributed by atoms with van der Waals surface area (Å²) in [6.45, 7) is 0.455. The number of aromatic nitrogens is 2. The molecule has 2 aromatic rings. The Hall–Kier alpha value is -2.76. The van der Waals surface area contributed by atoms with E-state index in [4.69, 9.17) is 0 Å². The molecule has 0 bridgehead atoms. The highest BCUT2D eigenvalue weighted by molar-refractivity contribution is 5.96. The van der Waals surface area contributed by atoms with Gasteiger partial charge in [-0.25, -0.2) is 14.8 Å². The fourth-order valence-electron chi connectivity index (χ4n) is 2.77. The van der Waals surface area contributed by atoms with E-state index in [1.165, 1.54) is 17.3 Å². The van der Waals surface area contributed by atoms with Crippen LogP contribution in [0.2, 0.25) is 0 Å². The Kier molecular flexibility index (Phi) is 4.32. The largest absolute Gasteiger partial charge is 0.480 e. The van der Waals surface area contributed by atoms with Crippen molar-refractivity contribution in [2.24, 2.45) is 0 Å². The fourth-order valence-corrected chi connectivity index (χ4v) is 2.77. The van der Waals surface area contributed by atoms with Gasteiger partial charge in [0.2, 0.25) is 0 Å². The number of amides is 1. The number of rotatable bonds is 3. The Morgan fingerprint density at radius 1 is 1.09 bits per heavy atom. The molecule has 118 valence electrons. The number of aliphatic carboxylic acids is 1. The zero-order chi connectivity index (χ0) is 16.2. The Morgan fingerprint density at radius 3 is 2.43 bits per heavy atom. The second-order valence-electron chi connectivity index (χ2n) is 5.51. The highest BCUT2D eigenvalue weighted by Crippen LogP contribution is 2.20. The van der Waals surface area contributed by atoms with E-state index in [0.717, 1.165) is 18.4 Å². The van der Waals surface area contributed by atoms with Gasteiger partial charge < -0.3 is 10.0 Å². The fraction of sp³-hybridized carbons (Fsp3) is 0.294. The first kappa shape index (κ1) is 15.1. The number of hydrogen-bond donors (Lipinski definition) is 1. The minimum absolute atomic E-state index is 0.317. The third-order valence-corrected chi connectivity index (χ3v) is 3.98. The molecule has 0 spiro atoms. The molecule has 0 aliphatic carbocycles. The second-order valence-corrected chi connectivity index (χ2v) is 5.51. The molecule has 0 unspecified atom stereocenters. The van der Waals surface area contributed by atoms with Crippen molar-refractivity contribution in [1.82, 2.24) is 14.9 Å². The number of hydrogen-bond acceptors (Lipinski definition) is 4. The molecule has 1 atom stereocenters. The van der Waals surface area contributed by atoms with Gasteiger partial charge in [0.15, 0.2) is 5.82 Å². The maximum atomic E-state index is 12.5. The number of piperidine rings is 1. The Labute approximate surface area is 133 Å². The number of carbonyl (C=O) groups excluding carboxylic acids is 1. The molecule has 1 fully saturated rings. The zero-order valence-corrected chi connectivity index (χ0v) is 12.6. The standard InChI is InChI=1S/C17H17N3O3/c21-16(20-9-5-4-8-14(20)17(22)23)13-10-18-15(19-11-13)12-6-2-1-3-7-12/h1-3,6-7,10-11,14H,4-5,8-9H2,(H,22,23)/t14-/m0/s1. The minimum Gasteiger partial charge on any atom is -0.480 e. The van der Waals surface area contributed by atoms with E-state index in [1.54, 1.807) is 0 Å². The highest BCUT2D eigenvalue weighted by Gasteiger charge is 2.32. The van der Waals surface area contributed by atoms with Crippen LogP contribution in [0.15, 0.2) is 42.7 Å². The predicted molar refractivity (Wildman–Crippen MR) is 83.8 cm³/mol. The molecular weight excluding hydrogens is 294 g/mol. The molecule has 1 amide bonds. The van der Waals surface area contributed by atoms with E-state index in [9.17, 15) is 14.7 Å². The van der Waals surface area contributed by atoms with E-state index in [-0.39, 0.29) is 5.91 Å². The molecule has 1 N–H and O–H groups in total. The topological polar surface area (TPSA) is 83.4 Å². The summed E-state index contributed by atoms with van der Waals surface area (Å²) < 4.78 is 0. The van der Waals surface area contributed by atoms with E-state index in [2.05, 4.69) is 9.97 Å². The molecular formula is C17H17N3O3. The van der Waals surface area contributed by atoms with Gasteiger partial charge in [0, 0.05) is 24.5 Å². The maximum Gasteiger partial charge on any atom is 0.326 e. The first-order valence-electron chi connectivity index (χ1n) is 7.58. The third kappa shape index (κ3) is 3.21. The van der Waals surface area contributed by atoms with Crippen LogP contribution in [-0.2, 0) is 4.79 Å². The molecule has 23 heavy (non-hydrogen) atoms. The Morgan fingerprint density at radius 2 is 1.78 bits per heavy atom. The van der Waals surface area contributed by atoms with Crippen LogP contribution < -0.4 is 0 Å². The Bertz CT molecular complexity index is 701. The van der Waals surface area contributed by atoms with Gasteiger partial charge >= 0.3 is 5.97 Å². The zero-order valence-electron chi connectivity index (χ0n) is 12.6. The van der Waals surface area contributed by atoms with E-state index in [0.29, 0.717) is 24.4 Å². The number of carboxylic acids is 1. The number of carboxylic acid groups (broad SMARTS) is 1. The summed E-state index contributed by atoms with van der Waals surface area (Å²) in [4.78, 5) is 33.7. The summed E-state index contributed by atoms with van der Waals surface area (Å²) in [6, 6.07) is 8.71. The molecule has 2 heterocycles. The van der Waals surface area contributed by atoms with Crippen LogP contribution in [0.3, 0.4) is 0 Å². The summed E-state index contributed by atoms with van der Waals surface area (Å²) in [5.41, 5.74) is 1.19. The van der Waals surface area contributed by atoms with Crippen LogP contribution in [-0.4, -0.2) is 44.4 Å². The average molecular weight is 311 g/mol. The van der Waals surface area contributed by atoms with Gasteiger partial charge in [-0.1, -0.05) is 30.3 Å². The van der Waals surface area contributed by atoms with E-state index in [1.807, 2.05) is 30.3 Å². The van der Waals surface area contributed by atoms with Crippen molar-refractivity contribution < 1.29 is 14.7 Å². The summed E-state index contributed by atoms with van der Waals surface area (Å²) in [5, 5.41) is 9.27. The molecule has 1 aromatic carbocycles. The van der Waals surface area contributed by atoms with Crippen LogP contribution in [0.4, 0.5) is 0 Å². The van der Waals surface area contributed by atoms with Crippen LogP contribution in [0.1, 0.15) is 29.6 Å². The summed E-state index contributed by atoms with van der Waals surface area (Å²) in [7, 11) is 0. The van der Waals surface area contributed by atoms with Gasteiger partial charge in [-0.3, -0.25) is 4.79 Å². The number of nitrogens with zero attached hydrogens (tertiary/aromatic N) is 3. The monoisotopic (exact) mass is 311 g/mol. The van der Waals surface area contributed by atoms with E-state index < -0.39 is 12.0 Å². The van der Waals surface area contributed by atoms with Gasteiger partial charge in [0.05, 0.1) is 5.56 Å². The van der Waals surface area contributed by atoms with Crippen molar-refractivity contribution in [1.29, 1.82) is 0 Å². The lowest BCUT2D eigenvalue weighted by Crippen LogP contribution is -2.48. The molecule has 6 heteroatoms. The van der Waals surface area contributed by atoms with Crippen molar-refractivity contribution in [2.45, 2.75) is 25.3 Å². The molecule has 1 aliphatic heterocycles. The van der Waals surface area contributed by atoms with Gasteiger partial charge in [0.25, 0.3) is 5.91 Å². The SMILES string of the molecule is O=C(O)[C@@H]1CCCCN1C(=O)c1cnc(-c2ccccc2)nc1. The maximum absolute atomic E-state index is 12.5. The van der Waals surface area contributed by atoms with Crippen molar-refractivity contribution in [3.63, 3.8) is 0 Å². The van der Waals surface area contributed by atoms with Crippen molar-refractivity contribution >= 4 is 11.9 Å². The first-order chi connectivity index (χ1) is 11.2. The average Bonchev–Trinajstić information content (AvgIpc) is 2.62. The normalized spacial score (nSPS) is 17.7. The highest BCUT2D eigenvalue weighted by atomic mass is 16.4. The van der Waals surface area contributed by atoms with Crippen molar-refractivity contribution in [2.75, 3.05) is 6.54 Å². The molecule has 1 aromatic heterocycles. The minimum atomic E-state index is -0.958. The Balaban J connectivity index is 1.81. The molecule has 1 saturated heterocycles. The van der Waals surface area contributed by atoms with Gasteiger partial charge in [-0.05, 0) is 19.3 Å².